The lowest BCUT2D eigenvalue weighted by Gasteiger charge is -2.40. The van der Waals surface area contributed by atoms with Crippen molar-refractivity contribution in [3.8, 4) is 0 Å². The van der Waals surface area contributed by atoms with Crippen LogP contribution in [-0.4, -0.2) is 43.9 Å². The molecule has 23 heavy (non-hydrogen) atoms. The van der Waals surface area contributed by atoms with Gasteiger partial charge in [-0.05, 0) is 36.8 Å². The number of aryl methyl sites for hydroxylation is 1. The molecule has 2 heterocycles. The summed E-state index contributed by atoms with van der Waals surface area (Å²) in [6.07, 6.45) is 0.795. The van der Waals surface area contributed by atoms with E-state index in [1.165, 1.54) is 14.2 Å². The molecule has 1 aliphatic carbocycles. The number of nitrogens with zero attached hydrogens (tertiary/aromatic N) is 1. The first-order chi connectivity index (χ1) is 11.0. The van der Waals surface area contributed by atoms with Crippen LogP contribution in [0.15, 0.2) is 6.07 Å². The van der Waals surface area contributed by atoms with Crippen molar-refractivity contribution in [3.05, 3.63) is 28.0 Å². The number of pyridine rings is 1. The normalized spacial score (nSPS) is 24.5. The van der Waals surface area contributed by atoms with Crippen LogP contribution in [0, 0.1) is 12.8 Å². The summed E-state index contributed by atoms with van der Waals surface area (Å²) in [4.78, 5) is 29.8. The molecule has 1 aliphatic heterocycles. The zero-order valence-electron chi connectivity index (χ0n) is 13.2. The van der Waals surface area contributed by atoms with E-state index in [9.17, 15) is 9.59 Å². The molecule has 6 nitrogen and oxygen atoms in total. The van der Waals surface area contributed by atoms with Crippen molar-refractivity contribution in [2.24, 2.45) is 5.92 Å². The topological polar surface area (TPSA) is 74.7 Å². The van der Waals surface area contributed by atoms with Crippen LogP contribution in [0.3, 0.4) is 0 Å². The van der Waals surface area contributed by atoms with Gasteiger partial charge >= 0.3 is 11.9 Å². The van der Waals surface area contributed by atoms with Crippen molar-refractivity contribution in [1.29, 1.82) is 0 Å². The highest BCUT2D eigenvalue weighted by Crippen LogP contribution is 2.47. The van der Waals surface area contributed by atoms with E-state index in [0.29, 0.717) is 13.0 Å². The molecule has 1 saturated heterocycles. The predicted molar refractivity (Wildman–Crippen MR) is 81.2 cm³/mol. The third kappa shape index (κ3) is 2.16. The van der Waals surface area contributed by atoms with Gasteiger partial charge in [-0.15, -0.1) is 0 Å². The number of ether oxygens (including phenoxy) is 3. The molecule has 0 unspecified atom stereocenters. The molecular weight excluding hydrogens is 322 g/mol. The Hall–Kier alpha value is -1.66. The molecule has 3 rings (SSSR count). The van der Waals surface area contributed by atoms with Crippen molar-refractivity contribution in [3.63, 3.8) is 0 Å². The van der Waals surface area contributed by atoms with Gasteiger partial charge in [0.15, 0.2) is 0 Å². The van der Waals surface area contributed by atoms with Gasteiger partial charge in [-0.25, -0.2) is 4.98 Å². The van der Waals surface area contributed by atoms with Gasteiger partial charge in [0, 0.05) is 6.61 Å². The second-order valence-electron chi connectivity index (χ2n) is 5.94. The summed E-state index contributed by atoms with van der Waals surface area (Å²) in [5.74, 6) is -1.42. The van der Waals surface area contributed by atoms with E-state index in [1.807, 2.05) is 13.0 Å². The molecule has 0 saturated carbocycles. The van der Waals surface area contributed by atoms with Crippen molar-refractivity contribution in [1.82, 2.24) is 4.98 Å². The summed E-state index contributed by atoms with van der Waals surface area (Å²) >= 11 is 6.16. The Kier molecular flexibility index (Phi) is 4.06. The second-order valence-corrected chi connectivity index (χ2v) is 6.30. The highest BCUT2D eigenvalue weighted by Gasteiger charge is 2.64. The molecule has 7 heteroatoms. The summed E-state index contributed by atoms with van der Waals surface area (Å²) < 4.78 is 15.7. The van der Waals surface area contributed by atoms with E-state index in [1.54, 1.807) is 0 Å². The van der Waals surface area contributed by atoms with Crippen molar-refractivity contribution in [2.45, 2.75) is 31.3 Å². The van der Waals surface area contributed by atoms with Gasteiger partial charge in [-0.3, -0.25) is 9.59 Å². The molecule has 0 radical (unpaired) electrons. The fraction of sp³-hybridized carbons (Fsp3) is 0.562. The molecule has 1 aromatic heterocycles. The molecule has 1 aromatic rings. The zero-order valence-corrected chi connectivity index (χ0v) is 14.0. The average Bonchev–Trinajstić information content (AvgIpc) is 3.01. The number of rotatable bonds is 2. The van der Waals surface area contributed by atoms with Gasteiger partial charge in [-0.1, -0.05) is 17.7 Å². The number of fused-ring (bicyclic) bond motifs is 2. The first kappa shape index (κ1) is 16.2. The van der Waals surface area contributed by atoms with E-state index in [-0.39, 0.29) is 16.8 Å². The molecule has 0 spiro atoms. The van der Waals surface area contributed by atoms with Gasteiger partial charge in [0.1, 0.15) is 5.15 Å². The van der Waals surface area contributed by atoms with Crippen LogP contribution in [0.25, 0.3) is 0 Å². The molecule has 1 fully saturated rings. The maximum atomic E-state index is 12.7. The highest BCUT2D eigenvalue weighted by molar-refractivity contribution is 6.30. The van der Waals surface area contributed by atoms with Crippen molar-refractivity contribution in [2.75, 3.05) is 20.8 Å². The van der Waals surface area contributed by atoms with Crippen LogP contribution >= 0.6 is 11.6 Å². The molecule has 2 atom stereocenters. The largest absolute Gasteiger partial charge is 0.468 e. The van der Waals surface area contributed by atoms with Gasteiger partial charge in [0.05, 0.1) is 26.0 Å². The third-order valence-electron chi connectivity index (χ3n) is 4.74. The maximum Gasteiger partial charge on any atom is 0.332 e. The van der Waals surface area contributed by atoms with E-state index in [4.69, 9.17) is 25.8 Å². The zero-order chi connectivity index (χ0) is 16.8. The Labute approximate surface area is 139 Å². The summed E-state index contributed by atoms with van der Waals surface area (Å²) in [6, 6.07) is 1.87. The number of hydrogen-bond donors (Lipinski definition) is 0. The SMILES string of the molecule is COC(=O)C1(C(=O)OC)c2nc(Cl)c(C)cc2C[C@H]2CCO[C@H]21. The van der Waals surface area contributed by atoms with E-state index < -0.39 is 23.5 Å². The molecular formula is C16H18ClNO5. The number of carbonyl (C=O) groups excluding carboxylic acids is 2. The molecule has 0 amide bonds. The van der Waals surface area contributed by atoms with Gasteiger partial charge in [0.2, 0.25) is 5.41 Å². The molecule has 124 valence electrons. The molecule has 0 N–H and O–H groups in total. The quantitative estimate of drug-likeness (QED) is 0.463. The van der Waals surface area contributed by atoms with Crippen LogP contribution < -0.4 is 0 Å². The monoisotopic (exact) mass is 339 g/mol. The Morgan fingerprint density at radius 3 is 2.61 bits per heavy atom. The number of methoxy groups -OCH3 is 2. The van der Waals surface area contributed by atoms with Crippen LogP contribution in [0.2, 0.25) is 5.15 Å². The summed E-state index contributed by atoms with van der Waals surface area (Å²) in [7, 11) is 2.47. The van der Waals surface area contributed by atoms with Gasteiger partial charge in [-0.2, -0.15) is 0 Å². The summed E-state index contributed by atoms with van der Waals surface area (Å²) in [5.41, 5.74) is 0.172. The molecule has 2 aliphatic rings. The Bertz CT molecular complexity index is 659. The third-order valence-corrected chi connectivity index (χ3v) is 5.12. The fourth-order valence-electron chi connectivity index (χ4n) is 3.71. The van der Waals surface area contributed by atoms with Gasteiger partial charge in [0.25, 0.3) is 0 Å². The van der Waals surface area contributed by atoms with Crippen LogP contribution in [0.5, 0.6) is 0 Å². The van der Waals surface area contributed by atoms with E-state index in [0.717, 1.165) is 17.5 Å². The lowest BCUT2D eigenvalue weighted by Crippen LogP contribution is -2.59. The number of esters is 2. The van der Waals surface area contributed by atoms with Crippen molar-refractivity contribution >= 4 is 23.5 Å². The summed E-state index contributed by atoms with van der Waals surface area (Å²) in [5, 5.41) is 0.248. The minimum absolute atomic E-state index is 0.0306. The first-order valence-electron chi connectivity index (χ1n) is 7.41. The van der Waals surface area contributed by atoms with Crippen molar-refractivity contribution < 1.29 is 23.8 Å². The summed E-state index contributed by atoms with van der Waals surface area (Å²) in [6.45, 7) is 2.32. The van der Waals surface area contributed by atoms with E-state index in [2.05, 4.69) is 4.98 Å². The lowest BCUT2D eigenvalue weighted by molar-refractivity contribution is -0.171. The number of halogens is 1. The molecule has 0 aromatic carbocycles. The fourth-order valence-corrected chi connectivity index (χ4v) is 3.85. The Balaban J connectivity index is 2.32. The standard InChI is InChI=1S/C16H18ClNO5/c1-8-6-10-7-9-4-5-23-12(9)16(14(19)21-2,15(20)22-3)11(10)18-13(8)17/h6,9,12H,4-5,7H2,1-3H3/t9-,12-/m1/s1. The second kappa shape index (κ2) is 5.76. The predicted octanol–water partition coefficient (Wildman–Crippen LogP) is 1.59. The first-order valence-corrected chi connectivity index (χ1v) is 7.79. The highest BCUT2D eigenvalue weighted by atomic mass is 35.5. The Morgan fingerprint density at radius 1 is 1.35 bits per heavy atom. The van der Waals surface area contributed by atoms with Gasteiger partial charge < -0.3 is 14.2 Å². The minimum Gasteiger partial charge on any atom is -0.468 e. The maximum absolute atomic E-state index is 12.7. The molecule has 0 bridgehead atoms. The number of carbonyl (C=O) groups is 2. The van der Waals surface area contributed by atoms with Crippen LogP contribution in [0.1, 0.15) is 23.2 Å². The van der Waals surface area contributed by atoms with Crippen LogP contribution in [0.4, 0.5) is 0 Å². The number of hydrogen-bond acceptors (Lipinski definition) is 6. The average molecular weight is 340 g/mol. The van der Waals surface area contributed by atoms with Crippen LogP contribution in [-0.2, 0) is 35.6 Å². The minimum atomic E-state index is -1.73. The lowest BCUT2D eigenvalue weighted by atomic mass is 9.66. The van der Waals surface area contributed by atoms with E-state index >= 15 is 0 Å². The Morgan fingerprint density at radius 2 is 2.00 bits per heavy atom. The smallest absolute Gasteiger partial charge is 0.332 e. The number of aromatic nitrogens is 1.